The van der Waals surface area contributed by atoms with Gasteiger partial charge in [-0.3, -0.25) is 0 Å². The van der Waals surface area contributed by atoms with Crippen molar-refractivity contribution in [2.24, 2.45) is 0 Å². The maximum absolute atomic E-state index is 2.48. The molecule has 82 valence electrons. The number of piperazine rings is 1. The molecule has 1 fully saturated rings. The minimum Gasteiger partial charge on any atom is -0.369 e. The third kappa shape index (κ3) is 2.32. The Balaban J connectivity index is 2.12. The van der Waals surface area contributed by atoms with Crippen molar-refractivity contribution >= 4 is 5.69 Å². The summed E-state index contributed by atoms with van der Waals surface area (Å²) in [5.41, 5.74) is 2.72. The van der Waals surface area contributed by atoms with Gasteiger partial charge in [0.1, 0.15) is 0 Å². The Hall–Kier alpha value is -1.02. The number of aryl methyl sites for hydroxylation is 1. The zero-order valence-electron chi connectivity index (χ0n) is 9.90. The predicted octanol–water partition coefficient (Wildman–Crippen LogP) is 2.14. The first-order valence-corrected chi connectivity index (χ1v) is 5.68. The first kappa shape index (κ1) is 10.5. The average molecular weight is 204 g/mol. The molecule has 2 nitrogen and oxygen atoms in total. The summed E-state index contributed by atoms with van der Waals surface area (Å²) in [4.78, 5) is 4.91. The van der Waals surface area contributed by atoms with Crippen molar-refractivity contribution in [3.05, 3.63) is 29.8 Å². The molecule has 2 rings (SSSR count). The fraction of sp³-hybridized carbons (Fsp3) is 0.538. The first-order valence-electron chi connectivity index (χ1n) is 5.68. The molecule has 0 amide bonds. The summed E-state index contributed by atoms with van der Waals surface area (Å²) in [6.07, 6.45) is 0. The van der Waals surface area contributed by atoms with Gasteiger partial charge in [-0.15, -0.1) is 0 Å². The van der Waals surface area contributed by atoms with E-state index in [0.717, 1.165) is 19.6 Å². The second kappa shape index (κ2) is 4.23. The van der Waals surface area contributed by atoms with E-state index in [-0.39, 0.29) is 0 Å². The van der Waals surface area contributed by atoms with Crippen LogP contribution in [0.4, 0.5) is 5.69 Å². The van der Waals surface area contributed by atoms with E-state index in [9.17, 15) is 0 Å². The number of nitrogens with zero attached hydrogens (tertiary/aromatic N) is 2. The highest BCUT2D eigenvalue weighted by molar-refractivity contribution is 5.49. The van der Waals surface area contributed by atoms with E-state index >= 15 is 0 Å². The fourth-order valence-corrected chi connectivity index (χ4v) is 2.11. The van der Waals surface area contributed by atoms with Gasteiger partial charge in [-0.2, -0.15) is 0 Å². The molecule has 0 aliphatic carbocycles. The molecule has 1 heterocycles. The maximum Gasteiger partial charge on any atom is 0.0369 e. The van der Waals surface area contributed by atoms with Gasteiger partial charge in [0.2, 0.25) is 0 Å². The van der Waals surface area contributed by atoms with Crippen LogP contribution in [-0.4, -0.2) is 37.6 Å². The molecule has 1 unspecified atom stereocenters. The minimum absolute atomic E-state index is 0.652. The van der Waals surface area contributed by atoms with Gasteiger partial charge in [-0.1, -0.05) is 12.1 Å². The smallest absolute Gasteiger partial charge is 0.0369 e. The second-order valence-corrected chi connectivity index (χ2v) is 4.61. The molecule has 15 heavy (non-hydrogen) atoms. The Labute approximate surface area is 92.5 Å². The normalized spacial score (nSPS) is 23.1. The monoisotopic (exact) mass is 204 g/mol. The number of rotatable bonds is 1. The second-order valence-electron chi connectivity index (χ2n) is 4.61. The fourth-order valence-electron chi connectivity index (χ4n) is 2.11. The number of likely N-dealkylation sites (N-methyl/N-ethyl adjacent to an activating group) is 1. The van der Waals surface area contributed by atoms with Crippen LogP contribution in [-0.2, 0) is 0 Å². The van der Waals surface area contributed by atoms with Crippen LogP contribution < -0.4 is 4.90 Å². The van der Waals surface area contributed by atoms with Crippen LogP contribution in [0.25, 0.3) is 0 Å². The van der Waals surface area contributed by atoms with E-state index in [2.05, 4.69) is 55.0 Å². The minimum atomic E-state index is 0.652. The van der Waals surface area contributed by atoms with Crippen molar-refractivity contribution < 1.29 is 0 Å². The van der Waals surface area contributed by atoms with Crippen LogP contribution in [0.1, 0.15) is 12.5 Å². The molecule has 2 heteroatoms. The third-order valence-electron chi connectivity index (χ3n) is 3.33. The van der Waals surface area contributed by atoms with E-state index in [0.29, 0.717) is 6.04 Å². The Bertz CT molecular complexity index is 335. The van der Waals surface area contributed by atoms with Crippen molar-refractivity contribution in [1.82, 2.24) is 4.90 Å². The van der Waals surface area contributed by atoms with Crippen molar-refractivity contribution in [3.63, 3.8) is 0 Å². The van der Waals surface area contributed by atoms with E-state index in [4.69, 9.17) is 0 Å². The maximum atomic E-state index is 2.48. The van der Waals surface area contributed by atoms with Gasteiger partial charge in [-0.05, 0) is 38.6 Å². The summed E-state index contributed by atoms with van der Waals surface area (Å²) in [7, 11) is 2.21. The van der Waals surface area contributed by atoms with Gasteiger partial charge in [0, 0.05) is 31.4 Å². The van der Waals surface area contributed by atoms with Gasteiger partial charge < -0.3 is 9.80 Å². The van der Waals surface area contributed by atoms with Gasteiger partial charge in [0.25, 0.3) is 0 Å². The third-order valence-corrected chi connectivity index (χ3v) is 3.33. The summed E-state index contributed by atoms with van der Waals surface area (Å²) < 4.78 is 0. The van der Waals surface area contributed by atoms with Crippen LogP contribution in [0.2, 0.25) is 0 Å². The zero-order valence-corrected chi connectivity index (χ0v) is 9.90. The lowest BCUT2D eigenvalue weighted by Crippen LogP contribution is -2.50. The molecule has 1 saturated heterocycles. The summed E-state index contributed by atoms with van der Waals surface area (Å²) >= 11 is 0. The molecule has 0 saturated carbocycles. The number of hydrogen-bond acceptors (Lipinski definition) is 2. The summed E-state index contributed by atoms with van der Waals surface area (Å²) in [5.74, 6) is 0. The SMILES string of the molecule is Cc1cccc(N2CCN(C)C(C)C2)c1. The standard InChI is InChI=1S/C13H20N2/c1-11-5-4-6-13(9-11)15-8-7-14(3)12(2)10-15/h4-6,9,12H,7-8,10H2,1-3H3. The van der Waals surface area contributed by atoms with Crippen LogP contribution in [0.5, 0.6) is 0 Å². The van der Waals surface area contributed by atoms with E-state index in [1.54, 1.807) is 0 Å². The summed E-state index contributed by atoms with van der Waals surface area (Å²) in [6.45, 7) is 7.89. The van der Waals surface area contributed by atoms with Gasteiger partial charge >= 0.3 is 0 Å². The Morgan fingerprint density at radius 2 is 2.07 bits per heavy atom. The van der Waals surface area contributed by atoms with Crippen LogP contribution >= 0.6 is 0 Å². The van der Waals surface area contributed by atoms with E-state index in [1.807, 2.05) is 0 Å². The van der Waals surface area contributed by atoms with Crippen molar-refractivity contribution in [1.29, 1.82) is 0 Å². The predicted molar refractivity (Wildman–Crippen MR) is 65.5 cm³/mol. The molecule has 0 spiro atoms. The number of benzene rings is 1. The Morgan fingerprint density at radius 1 is 1.27 bits per heavy atom. The van der Waals surface area contributed by atoms with Crippen molar-refractivity contribution in [3.8, 4) is 0 Å². The first-order chi connectivity index (χ1) is 7.16. The lowest BCUT2D eigenvalue weighted by molar-refractivity contribution is 0.234. The molecule has 1 aromatic rings. The van der Waals surface area contributed by atoms with Crippen LogP contribution in [0.3, 0.4) is 0 Å². The zero-order chi connectivity index (χ0) is 10.8. The quantitative estimate of drug-likeness (QED) is 0.691. The highest BCUT2D eigenvalue weighted by Gasteiger charge is 2.20. The van der Waals surface area contributed by atoms with Crippen LogP contribution in [0, 0.1) is 6.92 Å². The lowest BCUT2D eigenvalue weighted by atomic mass is 10.1. The number of hydrogen-bond donors (Lipinski definition) is 0. The Kier molecular flexibility index (Phi) is 2.96. The summed E-state index contributed by atoms with van der Waals surface area (Å²) in [5, 5.41) is 0. The molecular formula is C13H20N2. The topological polar surface area (TPSA) is 6.48 Å². The molecule has 0 N–H and O–H groups in total. The molecular weight excluding hydrogens is 184 g/mol. The van der Waals surface area contributed by atoms with Gasteiger partial charge in [0.05, 0.1) is 0 Å². The number of anilines is 1. The molecule has 1 aliphatic heterocycles. The van der Waals surface area contributed by atoms with E-state index < -0.39 is 0 Å². The molecule has 0 radical (unpaired) electrons. The van der Waals surface area contributed by atoms with Gasteiger partial charge in [0.15, 0.2) is 0 Å². The molecule has 1 aromatic carbocycles. The Morgan fingerprint density at radius 3 is 2.73 bits per heavy atom. The lowest BCUT2D eigenvalue weighted by Gasteiger charge is -2.39. The molecule has 1 aliphatic rings. The van der Waals surface area contributed by atoms with E-state index in [1.165, 1.54) is 11.3 Å². The van der Waals surface area contributed by atoms with Crippen molar-refractivity contribution in [2.45, 2.75) is 19.9 Å². The van der Waals surface area contributed by atoms with Gasteiger partial charge in [-0.25, -0.2) is 0 Å². The largest absolute Gasteiger partial charge is 0.369 e. The van der Waals surface area contributed by atoms with Crippen molar-refractivity contribution in [2.75, 3.05) is 31.6 Å². The molecule has 0 aromatic heterocycles. The highest BCUT2D eigenvalue weighted by Crippen LogP contribution is 2.19. The summed E-state index contributed by atoms with van der Waals surface area (Å²) in [6, 6.07) is 9.44. The molecule has 1 atom stereocenters. The van der Waals surface area contributed by atoms with Crippen LogP contribution in [0.15, 0.2) is 24.3 Å². The highest BCUT2D eigenvalue weighted by atomic mass is 15.3. The average Bonchev–Trinajstić information content (AvgIpc) is 2.22. The molecule has 0 bridgehead atoms.